The molecule has 5 heteroatoms. The predicted octanol–water partition coefficient (Wildman–Crippen LogP) is 3.58. The Labute approximate surface area is 117 Å². The minimum absolute atomic E-state index is 0.313. The van der Waals surface area contributed by atoms with Gasteiger partial charge in [0.05, 0.1) is 10.0 Å². The van der Waals surface area contributed by atoms with E-state index in [1.54, 1.807) is 12.1 Å². The minimum Gasteiger partial charge on any atom is -0.480 e. The van der Waals surface area contributed by atoms with Gasteiger partial charge in [0.1, 0.15) is 6.04 Å². The number of nitrogens with one attached hydrogen (secondary N) is 1. The summed E-state index contributed by atoms with van der Waals surface area (Å²) in [7, 11) is 0. The smallest absolute Gasteiger partial charge is 0.320 e. The molecular weight excluding hydrogens is 273 g/mol. The first kappa shape index (κ1) is 15.3. The van der Waals surface area contributed by atoms with Crippen LogP contribution in [-0.4, -0.2) is 17.1 Å². The average Bonchev–Trinajstić information content (AvgIpc) is 2.28. The minimum atomic E-state index is -0.846. The highest BCUT2D eigenvalue weighted by atomic mass is 35.5. The fourth-order valence-electron chi connectivity index (χ4n) is 1.66. The van der Waals surface area contributed by atoms with Crippen molar-refractivity contribution >= 4 is 29.2 Å². The van der Waals surface area contributed by atoms with Gasteiger partial charge < -0.3 is 10.4 Å². The highest BCUT2D eigenvalue weighted by molar-refractivity contribution is 6.42. The van der Waals surface area contributed by atoms with Gasteiger partial charge in [-0.15, -0.1) is 0 Å². The van der Waals surface area contributed by atoms with E-state index in [9.17, 15) is 4.79 Å². The summed E-state index contributed by atoms with van der Waals surface area (Å²) < 4.78 is 0. The van der Waals surface area contributed by atoms with Gasteiger partial charge in [0.2, 0.25) is 0 Å². The Hall–Kier alpha value is -0.770. The van der Waals surface area contributed by atoms with Crippen LogP contribution >= 0.6 is 23.2 Å². The summed E-state index contributed by atoms with van der Waals surface area (Å²) in [5, 5.41) is 13.0. The number of rotatable bonds is 6. The Morgan fingerprint density at radius 2 is 2.06 bits per heavy atom. The third-order valence-corrected chi connectivity index (χ3v) is 3.43. The Bertz CT molecular complexity index is 421. The number of halogens is 2. The molecule has 0 amide bonds. The normalized spacial score (nSPS) is 12.7. The van der Waals surface area contributed by atoms with E-state index in [2.05, 4.69) is 5.32 Å². The van der Waals surface area contributed by atoms with Crippen LogP contribution in [0, 0.1) is 5.92 Å². The molecule has 1 atom stereocenters. The van der Waals surface area contributed by atoms with Crippen LogP contribution in [0.1, 0.15) is 25.8 Å². The van der Waals surface area contributed by atoms with Gasteiger partial charge in [-0.1, -0.05) is 49.2 Å². The largest absolute Gasteiger partial charge is 0.480 e. The van der Waals surface area contributed by atoms with E-state index in [0.29, 0.717) is 28.9 Å². The zero-order chi connectivity index (χ0) is 13.7. The van der Waals surface area contributed by atoms with E-state index in [1.807, 2.05) is 19.9 Å². The second-order valence-corrected chi connectivity index (χ2v) is 5.40. The van der Waals surface area contributed by atoms with Gasteiger partial charge in [-0.2, -0.15) is 0 Å². The summed E-state index contributed by atoms with van der Waals surface area (Å²) in [5.74, 6) is -0.532. The van der Waals surface area contributed by atoms with Crippen molar-refractivity contribution in [2.24, 2.45) is 5.92 Å². The summed E-state index contributed by atoms with van der Waals surface area (Å²) in [4.78, 5) is 11.1. The molecule has 0 spiro atoms. The molecule has 0 bridgehead atoms. The monoisotopic (exact) mass is 289 g/mol. The predicted molar refractivity (Wildman–Crippen MR) is 74.2 cm³/mol. The molecule has 0 aliphatic carbocycles. The van der Waals surface area contributed by atoms with Crippen molar-refractivity contribution in [1.29, 1.82) is 0 Å². The van der Waals surface area contributed by atoms with Crippen molar-refractivity contribution in [2.75, 3.05) is 0 Å². The number of benzene rings is 1. The van der Waals surface area contributed by atoms with Crippen LogP contribution in [0.4, 0.5) is 0 Å². The third kappa shape index (κ3) is 4.48. The van der Waals surface area contributed by atoms with Crippen LogP contribution in [0.15, 0.2) is 18.2 Å². The van der Waals surface area contributed by atoms with Crippen LogP contribution in [0.25, 0.3) is 0 Å². The number of hydrogen-bond donors (Lipinski definition) is 2. The third-order valence-electron chi connectivity index (χ3n) is 2.58. The second-order valence-electron chi connectivity index (χ2n) is 4.61. The number of carboxylic acids is 1. The first-order valence-electron chi connectivity index (χ1n) is 5.81. The van der Waals surface area contributed by atoms with Crippen LogP contribution in [0.5, 0.6) is 0 Å². The molecule has 0 heterocycles. The molecule has 0 radical (unpaired) electrons. The molecule has 1 aromatic carbocycles. The molecule has 0 unspecified atom stereocenters. The van der Waals surface area contributed by atoms with Crippen molar-refractivity contribution < 1.29 is 9.90 Å². The molecule has 1 aromatic rings. The Morgan fingerprint density at radius 1 is 1.39 bits per heavy atom. The zero-order valence-electron chi connectivity index (χ0n) is 10.4. The molecule has 2 N–H and O–H groups in total. The van der Waals surface area contributed by atoms with Crippen LogP contribution in [0.3, 0.4) is 0 Å². The standard InChI is InChI=1S/C13H17Cl2NO2/c1-8(2)6-11(13(17)18)16-7-9-4-3-5-10(14)12(9)15/h3-5,8,11,16H,6-7H2,1-2H3,(H,17,18)/t11-/m0/s1. The highest BCUT2D eigenvalue weighted by Gasteiger charge is 2.18. The lowest BCUT2D eigenvalue weighted by Crippen LogP contribution is -2.37. The zero-order valence-corrected chi connectivity index (χ0v) is 11.9. The quantitative estimate of drug-likeness (QED) is 0.842. The van der Waals surface area contributed by atoms with Gasteiger partial charge in [-0.25, -0.2) is 0 Å². The first-order valence-corrected chi connectivity index (χ1v) is 6.56. The summed E-state index contributed by atoms with van der Waals surface area (Å²) in [5.41, 5.74) is 0.805. The lowest BCUT2D eigenvalue weighted by molar-refractivity contribution is -0.140. The molecule has 0 saturated heterocycles. The van der Waals surface area contributed by atoms with E-state index >= 15 is 0 Å². The van der Waals surface area contributed by atoms with Gasteiger partial charge in [0, 0.05) is 6.54 Å². The summed E-state index contributed by atoms with van der Waals surface area (Å²) in [6.45, 7) is 4.37. The maximum Gasteiger partial charge on any atom is 0.320 e. The molecule has 0 aliphatic rings. The average molecular weight is 290 g/mol. The maximum absolute atomic E-state index is 11.1. The lowest BCUT2D eigenvalue weighted by atomic mass is 10.0. The first-order chi connectivity index (χ1) is 8.41. The number of aliphatic carboxylic acids is 1. The summed E-state index contributed by atoms with van der Waals surface area (Å²) in [6, 6.07) is 4.76. The molecule has 100 valence electrons. The second kappa shape index (κ2) is 6.98. The molecular formula is C13H17Cl2NO2. The van der Waals surface area contributed by atoms with Gasteiger partial charge in [-0.3, -0.25) is 4.79 Å². The van der Waals surface area contributed by atoms with E-state index < -0.39 is 12.0 Å². The van der Waals surface area contributed by atoms with Crippen LogP contribution in [0.2, 0.25) is 10.0 Å². The van der Waals surface area contributed by atoms with Crippen molar-refractivity contribution in [3.05, 3.63) is 33.8 Å². The molecule has 3 nitrogen and oxygen atoms in total. The summed E-state index contributed by atoms with van der Waals surface area (Å²) >= 11 is 11.9. The van der Waals surface area contributed by atoms with E-state index in [0.717, 1.165) is 5.56 Å². The van der Waals surface area contributed by atoms with Gasteiger partial charge in [0.25, 0.3) is 0 Å². The number of carboxylic acid groups (broad SMARTS) is 1. The molecule has 0 saturated carbocycles. The Kier molecular flexibility index (Phi) is 5.93. The van der Waals surface area contributed by atoms with Crippen molar-refractivity contribution in [3.8, 4) is 0 Å². The molecule has 0 aliphatic heterocycles. The molecule has 1 rings (SSSR count). The van der Waals surface area contributed by atoms with Crippen molar-refractivity contribution in [2.45, 2.75) is 32.9 Å². The van der Waals surface area contributed by atoms with Gasteiger partial charge in [-0.05, 0) is 24.0 Å². The fraction of sp³-hybridized carbons (Fsp3) is 0.462. The van der Waals surface area contributed by atoms with Gasteiger partial charge >= 0.3 is 5.97 Å². The lowest BCUT2D eigenvalue weighted by Gasteiger charge is -2.17. The number of carbonyl (C=O) groups is 1. The van der Waals surface area contributed by atoms with Crippen molar-refractivity contribution in [1.82, 2.24) is 5.32 Å². The SMILES string of the molecule is CC(C)C[C@H](NCc1cccc(Cl)c1Cl)C(=O)O. The molecule has 0 fully saturated rings. The molecule has 0 aromatic heterocycles. The maximum atomic E-state index is 11.1. The van der Waals surface area contributed by atoms with Crippen molar-refractivity contribution in [3.63, 3.8) is 0 Å². The van der Waals surface area contributed by atoms with E-state index in [4.69, 9.17) is 28.3 Å². The number of hydrogen-bond acceptors (Lipinski definition) is 2. The Balaban J connectivity index is 2.67. The summed E-state index contributed by atoms with van der Waals surface area (Å²) in [6.07, 6.45) is 0.577. The van der Waals surface area contributed by atoms with Gasteiger partial charge in [0.15, 0.2) is 0 Å². The Morgan fingerprint density at radius 3 is 2.61 bits per heavy atom. The van der Waals surface area contributed by atoms with Crippen LogP contribution in [-0.2, 0) is 11.3 Å². The topological polar surface area (TPSA) is 49.3 Å². The molecule has 18 heavy (non-hydrogen) atoms. The highest BCUT2D eigenvalue weighted by Crippen LogP contribution is 2.25. The van der Waals surface area contributed by atoms with Crippen LogP contribution < -0.4 is 5.32 Å². The fourth-order valence-corrected chi connectivity index (χ4v) is 2.05. The van der Waals surface area contributed by atoms with E-state index in [1.165, 1.54) is 0 Å². The van der Waals surface area contributed by atoms with E-state index in [-0.39, 0.29) is 0 Å².